The fourth-order valence-electron chi connectivity index (χ4n) is 5.83. The Balaban J connectivity index is -0.000000412. The second-order valence-corrected chi connectivity index (χ2v) is 15.0. The van der Waals surface area contributed by atoms with Crippen LogP contribution in [-0.4, -0.2) is 100 Å². The number of aliphatic hydroxyl groups excluding tert-OH is 1. The number of amides is 2. The molecule has 4 rings (SSSR count). The average molecular weight is 920 g/mol. The molecule has 1 aromatic heterocycles. The smallest absolute Gasteiger partial charge is 0.309 e. The van der Waals surface area contributed by atoms with E-state index in [1.165, 1.54) is 32.3 Å². The van der Waals surface area contributed by atoms with Crippen LogP contribution < -0.4 is 21.8 Å². The average Bonchev–Trinajstić information content (AvgIpc) is 4.01. The molecule has 368 valence electrons. The molecular weight excluding hydrogens is 831 g/mol. The van der Waals surface area contributed by atoms with E-state index in [1.54, 1.807) is 30.5 Å². The van der Waals surface area contributed by atoms with Crippen molar-refractivity contribution < 1.29 is 33.8 Å². The number of aliphatic hydroxyl groups is 1. The van der Waals surface area contributed by atoms with Gasteiger partial charge in [-0.2, -0.15) is 0 Å². The van der Waals surface area contributed by atoms with Crippen LogP contribution in [0.1, 0.15) is 149 Å². The van der Waals surface area contributed by atoms with Gasteiger partial charge in [-0.05, 0) is 81.9 Å². The van der Waals surface area contributed by atoms with Crippen LogP contribution >= 0.6 is 11.8 Å². The zero-order valence-electron chi connectivity index (χ0n) is 41.8. The van der Waals surface area contributed by atoms with Crippen LogP contribution in [0.25, 0.3) is 18.2 Å². The molecule has 1 aromatic rings. The number of unbranched alkanes of at least 4 members (excludes halogenated alkanes) is 6. The van der Waals surface area contributed by atoms with Gasteiger partial charge in [-0.25, -0.2) is 0 Å². The SMILES string of the molecule is C=CS/C=C/c1cc(=O)c2c([nH]1)C=C(OC)CC=C2.C=O.CC.CC.CCCCCO.CN.CNC(=O)C1CCCN1C(=O)CCCCCC/C=C\C1CC1C(=O)OC.CNC(C)C. The lowest BCUT2D eigenvalue weighted by molar-refractivity contribution is -0.142. The van der Waals surface area contributed by atoms with E-state index in [1.807, 2.05) is 71.2 Å². The number of pyridine rings is 1. The number of nitrogens with one attached hydrogen (secondary N) is 3. The second-order valence-electron chi connectivity index (χ2n) is 14.1. The molecule has 1 saturated heterocycles. The molecular formula is C50H89N5O8S. The lowest BCUT2D eigenvalue weighted by Crippen LogP contribution is -2.44. The molecule has 2 fully saturated rings. The van der Waals surface area contributed by atoms with Crippen LogP contribution in [0.2, 0.25) is 0 Å². The summed E-state index contributed by atoms with van der Waals surface area (Å²) < 4.78 is 9.99. The predicted octanol–water partition coefficient (Wildman–Crippen LogP) is 9.28. The number of carbonyl (C=O) groups excluding carboxylic acids is 4. The number of allylic oxidation sites excluding steroid dienone is 3. The van der Waals surface area contributed by atoms with Gasteiger partial charge in [0.25, 0.3) is 0 Å². The van der Waals surface area contributed by atoms with Gasteiger partial charge in [0.15, 0.2) is 5.43 Å². The van der Waals surface area contributed by atoms with Gasteiger partial charge >= 0.3 is 5.97 Å². The number of thioether (sulfide) groups is 1. The van der Waals surface area contributed by atoms with Crippen molar-refractivity contribution in [2.45, 2.75) is 144 Å². The number of hydrogen-bond acceptors (Lipinski definition) is 11. The first-order valence-corrected chi connectivity index (χ1v) is 24.0. The van der Waals surface area contributed by atoms with Gasteiger partial charge < -0.3 is 45.6 Å². The molecule has 64 heavy (non-hydrogen) atoms. The molecule has 3 atom stereocenters. The molecule has 2 aliphatic carbocycles. The predicted molar refractivity (Wildman–Crippen MR) is 273 cm³/mol. The van der Waals surface area contributed by atoms with Crippen LogP contribution in [0.3, 0.4) is 0 Å². The summed E-state index contributed by atoms with van der Waals surface area (Å²) in [5.74, 6) is 1.24. The van der Waals surface area contributed by atoms with Crippen molar-refractivity contribution in [1.29, 1.82) is 0 Å². The number of aromatic amines is 1. The van der Waals surface area contributed by atoms with Crippen LogP contribution in [0.15, 0.2) is 52.2 Å². The molecule has 2 amide bonds. The largest absolute Gasteiger partial charge is 0.501 e. The van der Waals surface area contributed by atoms with Gasteiger partial charge in [0.05, 0.1) is 25.8 Å². The summed E-state index contributed by atoms with van der Waals surface area (Å²) in [4.78, 5) is 60.4. The molecule has 0 aromatic carbocycles. The summed E-state index contributed by atoms with van der Waals surface area (Å²) in [7, 11) is 8.14. The summed E-state index contributed by atoms with van der Waals surface area (Å²) in [6, 6.07) is 1.96. The zero-order valence-corrected chi connectivity index (χ0v) is 42.6. The Labute approximate surface area is 392 Å². The minimum absolute atomic E-state index is 0.00172. The molecule has 3 unspecified atom stereocenters. The lowest BCUT2D eigenvalue weighted by atomic mass is 10.1. The molecule has 1 aliphatic heterocycles. The standard InChI is InChI=1S/C20H32N2O4.C15H15NO2S.C5H12O.C4H11N.2C2H6.CH5N.CH2O/c1-21-19(24)17-11-9-13-22(17)18(23)12-8-6-4-3-5-7-10-15-14-16(15)20(25)26-2;1-3-19-8-7-11-9-15(17)13-6-4-5-12(18-2)10-14(13)16-11;1-2-3-4-5-6;1-4(2)5-3;4*1-2/h7,10,15-17H,3-6,8-9,11-14H2,1-2H3,(H,21,24);3-4,6-10H,1,5H2,2H3,(H,16,17);6H,2-5H2,1H3;4-5H,1-3H3;2*1-2H3;2H2,1H3;1H2/b10-7-;8-7+;;;;;;. The fraction of sp³-hybridized carbons (Fsp3) is 0.620. The van der Waals surface area contributed by atoms with Gasteiger partial charge in [0, 0.05) is 62.5 Å². The number of esters is 1. The highest BCUT2D eigenvalue weighted by molar-refractivity contribution is 8.05. The quantitative estimate of drug-likeness (QED) is 0.0535. The van der Waals surface area contributed by atoms with Crippen molar-refractivity contribution >= 4 is 54.6 Å². The summed E-state index contributed by atoms with van der Waals surface area (Å²) in [5, 5.41) is 17.5. The van der Waals surface area contributed by atoms with Crippen molar-refractivity contribution in [3.63, 3.8) is 0 Å². The Kier molecular flexibility index (Phi) is 48.5. The highest BCUT2D eigenvalue weighted by atomic mass is 32.2. The van der Waals surface area contributed by atoms with Gasteiger partial charge in [0.2, 0.25) is 11.8 Å². The first-order chi connectivity index (χ1) is 31.0. The maximum Gasteiger partial charge on any atom is 0.309 e. The van der Waals surface area contributed by atoms with Crippen molar-refractivity contribution in [2.75, 3.05) is 48.5 Å². The third kappa shape index (κ3) is 31.6. The Morgan fingerprint density at radius 3 is 2.22 bits per heavy atom. The lowest BCUT2D eigenvalue weighted by Gasteiger charge is -2.23. The molecule has 3 aliphatic rings. The van der Waals surface area contributed by atoms with E-state index in [4.69, 9.17) is 19.4 Å². The van der Waals surface area contributed by atoms with E-state index in [0.29, 0.717) is 43.5 Å². The van der Waals surface area contributed by atoms with Crippen LogP contribution in [0.5, 0.6) is 0 Å². The minimum Gasteiger partial charge on any atom is -0.501 e. The number of likely N-dealkylation sites (tertiary alicyclic amines) is 1. The van der Waals surface area contributed by atoms with E-state index in [9.17, 15) is 19.2 Å². The molecule has 2 heterocycles. The summed E-state index contributed by atoms with van der Waals surface area (Å²) in [6.45, 7) is 21.0. The van der Waals surface area contributed by atoms with Crippen molar-refractivity contribution in [1.82, 2.24) is 20.5 Å². The number of likely N-dealkylation sites (N-methyl/N-ethyl adjacent to an activating group) is 1. The number of aromatic nitrogens is 1. The molecule has 14 heteroatoms. The highest BCUT2D eigenvalue weighted by Crippen LogP contribution is 2.40. The van der Waals surface area contributed by atoms with Gasteiger partial charge in [-0.1, -0.05) is 105 Å². The van der Waals surface area contributed by atoms with E-state index in [0.717, 1.165) is 81.4 Å². The maximum atomic E-state index is 12.3. The second kappa shape index (κ2) is 46.7. The normalized spacial score (nSPS) is 16.1. The number of methoxy groups -OCH3 is 2. The molecule has 0 spiro atoms. The monoisotopic (exact) mass is 920 g/mol. The molecule has 0 radical (unpaired) electrons. The first-order valence-electron chi connectivity index (χ1n) is 23.0. The summed E-state index contributed by atoms with van der Waals surface area (Å²) in [6.07, 6.45) is 24.1. The maximum absolute atomic E-state index is 12.3. The highest BCUT2D eigenvalue weighted by Gasteiger charge is 2.41. The van der Waals surface area contributed by atoms with Crippen LogP contribution in [0.4, 0.5) is 0 Å². The molecule has 13 nitrogen and oxygen atoms in total. The van der Waals surface area contributed by atoms with E-state index in [-0.39, 0.29) is 35.2 Å². The number of rotatable bonds is 18. The number of fused-ring (bicyclic) bond motifs is 1. The fourth-order valence-corrected chi connectivity index (χ4v) is 6.17. The number of carbonyl (C=O) groups is 4. The number of ether oxygens (including phenoxy) is 2. The van der Waals surface area contributed by atoms with Crippen molar-refractivity contribution in [2.24, 2.45) is 17.6 Å². The Morgan fingerprint density at radius 1 is 1.05 bits per heavy atom. The summed E-state index contributed by atoms with van der Waals surface area (Å²) in [5.41, 5.74) is 6.71. The van der Waals surface area contributed by atoms with Crippen LogP contribution in [-0.2, 0) is 28.7 Å². The first kappa shape index (κ1) is 66.4. The minimum atomic E-state index is -0.270. The number of H-pyrrole nitrogens is 1. The Bertz CT molecular complexity index is 1520. The van der Waals surface area contributed by atoms with Crippen LogP contribution in [0, 0.1) is 11.8 Å². The zero-order chi connectivity index (χ0) is 49.7. The number of hydrogen-bond donors (Lipinski definition) is 5. The van der Waals surface area contributed by atoms with Crippen molar-refractivity contribution in [3.8, 4) is 0 Å². The van der Waals surface area contributed by atoms with E-state index >= 15 is 0 Å². The molecule has 0 bridgehead atoms. The number of nitrogens with two attached hydrogens (primary N) is 1. The van der Waals surface area contributed by atoms with E-state index in [2.05, 4.69) is 60.9 Å². The van der Waals surface area contributed by atoms with Gasteiger partial charge in [-0.15, -0.1) is 11.8 Å². The topological polar surface area (TPSA) is 193 Å². The molecule has 6 N–H and O–H groups in total. The Morgan fingerprint density at radius 2 is 1.69 bits per heavy atom. The van der Waals surface area contributed by atoms with Gasteiger partial charge in [-0.3, -0.25) is 19.2 Å². The van der Waals surface area contributed by atoms with Gasteiger partial charge in [0.1, 0.15) is 18.6 Å². The Hall–Kier alpha value is -4.24. The third-order valence-corrected chi connectivity index (χ3v) is 9.90. The molecule has 1 saturated carbocycles. The third-order valence-electron chi connectivity index (χ3n) is 9.41. The summed E-state index contributed by atoms with van der Waals surface area (Å²) >= 11 is 1.46. The van der Waals surface area contributed by atoms with E-state index < -0.39 is 0 Å². The number of nitrogens with zero attached hydrogens (tertiary/aromatic N) is 1. The van der Waals surface area contributed by atoms with Crippen molar-refractivity contribution in [3.05, 3.63) is 74.6 Å².